The van der Waals surface area contributed by atoms with E-state index in [2.05, 4.69) is 31.1 Å². The Labute approximate surface area is 194 Å². The summed E-state index contributed by atoms with van der Waals surface area (Å²) < 4.78 is 11.9. The Balaban J connectivity index is 1.87. The molecule has 0 aliphatic carbocycles. The summed E-state index contributed by atoms with van der Waals surface area (Å²) in [6, 6.07) is 11.8. The number of aromatic nitrogens is 3. The highest BCUT2D eigenvalue weighted by Gasteiger charge is 2.25. The smallest absolute Gasteiger partial charge is 0.340 e. The summed E-state index contributed by atoms with van der Waals surface area (Å²) in [5.74, 6) is -0.243. The normalized spacial score (nSPS) is 11.5. The van der Waals surface area contributed by atoms with Crippen molar-refractivity contribution in [2.75, 3.05) is 25.6 Å². The van der Waals surface area contributed by atoms with Crippen molar-refractivity contribution in [2.45, 2.75) is 46.6 Å². The minimum absolute atomic E-state index is 0.148. The number of esters is 1. The van der Waals surface area contributed by atoms with Crippen LogP contribution in [0.4, 0.5) is 5.82 Å². The molecular weight excluding hydrogens is 420 g/mol. The minimum Gasteiger partial charge on any atom is -0.460 e. The van der Waals surface area contributed by atoms with Crippen molar-refractivity contribution in [3.05, 3.63) is 70.2 Å². The Morgan fingerprint density at radius 3 is 2.45 bits per heavy atom. The van der Waals surface area contributed by atoms with Crippen LogP contribution in [0.2, 0.25) is 0 Å². The number of aryl methyl sites for hydroxylation is 1. The number of anilines is 1. The van der Waals surface area contributed by atoms with Gasteiger partial charge in [0.25, 0.3) is 5.91 Å². The fourth-order valence-corrected chi connectivity index (χ4v) is 3.51. The average Bonchev–Trinajstić information content (AvgIpc) is 3.29. The first-order chi connectivity index (χ1) is 15.6. The summed E-state index contributed by atoms with van der Waals surface area (Å²) in [5.41, 5.74) is 3.56. The molecule has 0 spiro atoms. The Morgan fingerprint density at radius 1 is 1.12 bits per heavy atom. The molecule has 0 unspecified atom stereocenters. The topological polar surface area (TPSA) is 98.2 Å². The molecule has 2 N–H and O–H groups in total. The Morgan fingerprint density at radius 2 is 1.82 bits per heavy atom. The van der Waals surface area contributed by atoms with Gasteiger partial charge in [0.1, 0.15) is 18.1 Å². The number of ether oxygens (including phenoxy) is 2. The van der Waals surface area contributed by atoms with E-state index in [1.165, 1.54) is 7.11 Å². The molecular formula is C25H32N4O4. The van der Waals surface area contributed by atoms with E-state index in [4.69, 9.17) is 14.6 Å². The first-order valence-corrected chi connectivity index (χ1v) is 10.9. The minimum atomic E-state index is -0.485. The van der Waals surface area contributed by atoms with E-state index in [1.807, 2.05) is 36.4 Å². The van der Waals surface area contributed by atoms with Gasteiger partial charge >= 0.3 is 5.97 Å². The average molecular weight is 453 g/mol. The Bertz CT molecular complexity index is 1120. The number of amides is 1. The van der Waals surface area contributed by atoms with E-state index < -0.39 is 5.97 Å². The van der Waals surface area contributed by atoms with Crippen molar-refractivity contribution < 1.29 is 19.1 Å². The summed E-state index contributed by atoms with van der Waals surface area (Å²) in [5, 5.41) is 7.71. The van der Waals surface area contributed by atoms with Crippen LogP contribution in [0.15, 0.2) is 36.4 Å². The predicted octanol–water partition coefficient (Wildman–Crippen LogP) is 4.23. The molecule has 3 rings (SSSR count). The van der Waals surface area contributed by atoms with Crippen molar-refractivity contribution in [2.24, 2.45) is 0 Å². The molecule has 1 aromatic carbocycles. The Kier molecular flexibility index (Phi) is 7.38. The Hall–Kier alpha value is -3.39. The molecule has 0 saturated carbocycles. The third kappa shape index (κ3) is 5.70. The monoisotopic (exact) mass is 452 g/mol. The van der Waals surface area contributed by atoms with Gasteiger partial charge in [0.05, 0.1) is 24.4 Å². The second-order valence-corrected chi connectivity index (χ2v) is 9.02. The third-order valence-corrected chi connectivity index (χ3v) is 5.35. The molecule has 8 heteroatoms. The van der Waals surface area contributed by atoms with Gasteiger partial charge in [-0.25, -0.2) is 9.48 Å². The third-order valence-electron chi connectivity index (χ3n) is 5.35. The number of H-pyrrole nitrogens is 1. The first kappa shape index (κ1) is 24.3. The molecule has 0 radical (unpaired) electrons. The lowest BCUT2D eigenvalue weighted by atomic mass is 9.92. The molecule has 176 valence electrons. The zero-order valence-electron chi connectivity index (χ0n) is 20.1. The molecule has 0 aliphatic heterocycles. The second-order valence-electron chi connectivity index (χ2n) is 9.02. The van der Waals surface area contributed by atoms with Gasteiger partial charge in [-0.15, -0.1) is 0 Å². The molecule has 2 heterocycles. The number of aromatic amines is 1. The largest absolute Gasteiger partial charge is 0.460 e. The summed E-state index contributed by atoms with van der Waals surface area (Å²) in [6.45, 7) is 10.7. The van der Waals surface area contributed by atoms with Crippen molar-refractivity contribution in [3.8, 4) is 0 Å². The highest BCUT2D eigenvalue weighted by atomic mass is 16.6. The van der Waals surface area contributed by atoms with Crippen molar-refractivity contribution in [1.82, 2.24) is 14.8 Å². The van der Waals surface area contributed by atoms with Crippen LogP contribution in [-0.2, 0) is 21.4 Å². The van der Waals surface area contributed by atoms with Crippen LogP contribution < -0.4 is 5.32 Å². The molecule has 33 heavy (non-hydrogen) atoms. The lowest BCUT2D eigenvalue weighted by Gasteiger charge is -2.14. The summed E-state index contributed by atoms with van der Waals surface area (Å²) in [4.78, 5) is 28.7. The number of benzene rings is 1. The van der Waals surface area contributed by atoms with Crippen LogP contribution in [0.25, 0.3) is 0 Å². The van der Waals surface area contributed by atoms with Gasteiger partial charge in [-0.1, -0.05) is 51.1 Å². The van der Waals surface area contributed by atoms with E-state index in [-0.39, 0.29) is 17.9 Å². The molecule has 1 amide bonds. The highest BCUT2D eigenvalue weighted by Crippen LogP contribution is 2.26. The van der Waals surface area contributed by atoms with E-state index in [0.717, 1.165) is 11.3 Å². The highest BCUT2D eigenvalue weighted by molar-refractivity contribution is 6.06. The quantitative estimate of drug-likeness (QED) is 0.394. The fourth-order valence-electron chi connectivity index (χ4n) is 3.51. The number of hydrogen-bond donors (Lipinski definition) is 2. The molecule has 0 saturated heterocycles. The zero-order chi connectivity index (χ0) is 24.2. The molecule has 2 aromatic heterocycles. The van der Waals surface area contributed by atoms with Crippen LogP contribution in [0, 0.1) is 13.8 Å². The van der Waals surface area contributed by atoms with Crippen molar-refractivity contribution in [3.63, 3.8) is 0 Å². The van der Waals surface area contributed by atoms with Gasteiger partial charge in [-0.3, -0.25) is 4.79 Å². The van der Waals surface area contributed by atoms with Gasteiger partial charge < -0.3 is 19.8 Å². The number of hydrogen-bond acceptors (Lipinski definition) is 5. The summed E-state index contributed by atoms with van der Waals surface area (Å²) >= 11 is 0. The van der Waals surface area contributed by atoms with Gasteiger partial charge in [0.15, 0.2) is 0 Å². The van der Waals surface area contributed by atoms with Crippen LogP contribution in [0.5, 0.6) is 0 Å². The van der Waals surface area contributed by atoms with E-state index in [9.17, 15) is 9.59 Å². The van der Waals surface area contributed by atoms with E-state index in [1.54, 1.807) is 18.5 Å². The molecule has 0 fully saturated rings. The van der Waals surface area contributed by atoms with Crippen LogP contribution >= 0.6 is 0 Å². The predicted molar refractivity (Wildman–Crippen MR) is 127 cm³/mol. The molecule has 0 aliphatic rings. The van der Waals surface area contributed by atoms with Gasteiger partial charge in [0, 0.05) is 24.3 Å². The van der Waals surface area contributed by atoms with Crippen molar-refractivity contribution in [1.29, 1.82) is 0 Å². The number of methoxy groups -OCH3 is 1. The maximum Gasteiger partial charge on any atom is 0.340 e. The number of nitrogens with zero attached hydrogens (tertiary/aromatic N) is 2. The number of carbonyl (C=O) groups is 2. The van der Waals surface area contributed by atoms with E-state index in [0.29, 0.717) is 41.5 Å². The maximum absolute atomic E-state index is 13.2. The number of rotatable bonds is 8. The fraction of sp³-hybridized carbons (Fsp3) is 0.400. The van der Waals surface area contributed by atoms with Crippen LogP contribution in [0.3, 0.4) is 0 Å². The number of nitrogens with one attached hydrogen (secondary N) is 2. The lowest BCUT2D eigenvalue weighted by Crippen LogP contribution is -2.18. The molecule has 0 atom stereocenters. The second kappa shape index (κ2) is 10.0. The molecule has 8 nitrogen and oxygen atoms in total. The maximum atomic E-state index is 13.2. The molecule has 3 aromatic rings. The van der Waals surface area contributed by atoms with E-state index >= 15 is 0 Å². The lowest BCUT2D eigenvalue weighted by molar-refractivity contribution is 0.0386. The van der Waals surface area contributed by atoms with Gasteiger partial charge in [-0.05, 0) is 25.0 Å². The number of carbonyl (C=O) groups excluding carboxylic acids is 2. The summed E-state index contributed by atoms with van der Waals surface area (Å²) in [7, 11) is 1.54. The first-order valence-electron chi connectivity index (χ1n) is 10.9. The molecule has 0 bridgehead atoms. The summed E-state index contributed by atoms with van der Waals surface area (Å²) in [6.07, 6.45) is 0. The van der Waals surface area contributed by atoms with Crippen molar-refractivity contribution >= 4 is 17.7 Å². The van der Waals surface area contributed by atoms with Gasteiger partial charge in [-0.2, -0.15) is 5.10 Å². The SMILES string of the molecule is COCCOC(=O)c1c(C)[nH]c(C(=O)Nc2cc(C(C)(C)C)nn2Cc2ccccc2)c1C. The van der Waals surface area contributed by atoms with Gasteiger partial charge in [0.2, 0.25) is 0 Å². The standard InChI is InChI=1S/C25H32N4O4/c1-16-21(24(31)33-13-12-32-6)17(2)26-22(16)23(30)27-20-14-19(25(3,4)5)28-29(20)15-18-10-8-7-9-11-18/h7-11,14,26H,12-13,15H2,1-6H3,(H,27,30). The van der Waals surface area contributed by atoms with Crippen LogP contribution in [-0.4, -0.2) is 47.0 Å². The zero-order valence-corrected chi connectivity index (χ0v) is 20.1. The van der Waals surface area contributed by atoms with Crippen LogP contribution in [0.1, 0.15) is 64.1 Å².